The van der Waals surface area contributed by atoms with Gasteiger partial charge in [0.2, 0.25) is 5.96 Å². The molecule has 0 aliphatic carbocycles. The Bertz CT molecular complexity index is 104. The van der Waals surface area contributed by atoms with E-state index in [-0.39, 0.29) is 0 Å². The summed E-state index contributed by atoms with van der Waals surface area (Å²) in [6, 6.07) is 0. The summed E-state index contributed by atoms with van der Waals surface area (Å²) in [4.78, 5) is 0. The molecule has 0 saturated heterocycles. The summed E-state index contributed by atoms with van der Waals surface area (Å²) in [5.41, 5.74) is 0. The van der Waals surface area contributed by atoms with E-state index in [1.54, 1.807) is 0 Å². The highest BCUT2D eigenvalue weighted by atomic mass is 31.0. The minimum atomic E-state index is 0.817. The van der Waals surface area contributed by atoms with Crippen LogP contribution >= 0.6 is 28.2 Å². The predicted octanol–water partition coefficient (Wildman–Crippen LogP) is 0.624. The van der Waals surface area contributed by atoms with Crippen molar-refractivity contribution >= 4 is 34.1 Å². The number of nitrogens with one attached hydrogen (secondary N) is 1. The van der Waals surface area contributed by atoms with Gasteiger partial charge in [-0.3, -0.25) is 0 Å². The molecule has 0 fully saturated rings. The monoisotopic (exact) mass is 183 g/mol. The number of hydrogen-bond acceptors (Lipinski definition) is 1. The Kier molecular flexibility index (Phi) is 5.69. The maximum Gasteiger partial charge on any atom is 0.202 e. The lowest BCUT2D eigenvalue weighted by Crippen LogP contribution is -2.28. The summed E-state index contributed by atoms with van der Waals surface area (Å²) in [5, 5.41) is 2.85. The molecule has 9 heavy (non-hydrogen) atoms. The van der Waals surface area contributed by atoms with Crippen LogP contribution in [0.1, 0.15) is 6.92 Å². The van der Waals surface area contributed by atoms with Crippen LogP contribution in [0.25, 0.3) is 0 Å². The van der Waals surface area contributed by atoms with Gasteiger partial charge in [0.25, 0.3) is 0 Å². The van der Waals surface area contributed by atoms with Gasteiger partial charge in [0.05, 0.1) is 0 Å². The molecule has 0 aliphatic heterocycles. The van der Waals surface area contributed by atoms with Crippen LogP contribution in [0.3, 0.4) is 0 Å². The van der Waals surface area contributed by atoms with Gasteiger partial charge in [0.15, 0.2) is 0 Å². The Morgan fingerprint density at radius 1 is 1.78 bits per heavy atom. The van der Waals surface area contributed by atoms with Gasteiger partial charge in [-0.1, -0.05) is 0 Å². The minimum Gasteiger partial charge on any atom is -0.340 e. The maximum atomic E-state index is 3.88. The van der Waals surface area contributed by atoms with Crippen molar-refractivity contribution in [3.05, 3.63) is 0 Å². The number of nitrogens with zero attached hydrogens (tertiary/aromatic N) is 2. The zero-order chi connectivity index (χ0) is 7.28. The first-order valence-corrected chi connectivity index (χ1v) is 4.14. The van der Waals surface area contributed by atoms with Crippen molar-refractivity contribution in [2.75, 3.05) is 6.54 Å². The Labute approximate surface area is 62.8 Å². The molecular formula is C3H12N3P3. The first-order valence-electron chi connectivity index (χ1n) is 2.53. The third-order valence-corrected chi connectivity index (χ3v) is 1.98. The number of guanidine groups is 1. The molecule has 6 heteroatoms. The van der Waals surface area contributed by atoms with Crippen molar-refractivity contribution in [2.45, 2.75) is 6.92 Å². The van der Waals surface area contributed by atoms with Crippen molar-refractivity contribution in [1.82, 2.24) is 9.76 Å². The molecule has 0 spiro atoms. The third-order valence-electron chi connectivity index (χ3n) is 0.864. The first kappa shape index (κ1) is 9.56. The molecule has 0 saturated carbocycles. The van der Waals surface area contributed by atoms with Crippen LogP contribution in [0.15, 0.2) is 4.76 Å². The fourth-order valence-corrected chi connectivity index (χ4v) is 1.38. The second-order valence-corrected chi connectivity index (χ2v) is 2.55. The third kappa shape index (κ3) is 3.30. The van der Waals surface area contributed by atoms with E-state index in [0.717, 1.165) is 12.5 Å². The maximum absolute atomic E-state index is 3.88. The SMILES string of the molecule is CCN(P)C(=NP)NP. The molecule has 3 atom stereocenters. The molecule has 3 unspecified atom stereocenters. The molecule has 0 rings (SSSR count). The van der Waals surface area contributed by atoms with E-state index in [0.29, 0.717) is 0 Å². The quantitative estimate of drug-likeness (QED) is 0.366. The molecule has 0 radical (unpaired) electrons. The van der Waals surface area contributed by atoms with Crippen LogP contribution in [0.2, 0.25) is 0 Å². The summed E-state index contributed by atoms with van der Waals surface area (Å²) in [6.45, 7) is 2.96. The first-order chi connectivity index (χ1) is 4.26. The second-order valence-electron chi connectivity index (χ2n) is 1.38. The zero-order valence-corrected chi connectivity index (χ0v) is 8.80. The lowest BCUT2D eigenvalue weighted by Gasteiger charge is -2.16. The smallest absolute Gasteiger partial charge is 0.202 e. The molecule has 0 aromatic carbocycles. The van der Waals surface area contributed by atoms with E-state index in [2.05, 4.69) is 38.0 Å². The molecule has 0 aromatic heterocycles. The van der Waals surface area contributed by atoms with E-state index in [4.69, 9.17) is 0 Å². The lowest BCUT2D eigenvalue weighted by molar-refractivity contribution is 0.701. The van der Waals surface area contributed by atoms with Gasteiger partial charge in [-0.15, -0.1) is 0 Å². The van der Waals surface area contributed by atoms with E-state index in [1.807, 2.05) is 11.6 Å². The highest BCUT2D eigenvalue weighted by molar-refractivity contribution is 7.18. The Morgan fingerprint density at radius 3 is 2.44 bits per heavy atom. The van der Waals surface area contributed by atoms with Crippen LogP contribution in [-0.4, -0.2) is 17.2 Å². The molecule has 54 valence electrons. The van der Waals surface area contributed by atoms with Gasteiger partial charge in [0, 0.05) is 6.54 Å². The fourth-order valence-electron chi connectivity index (χ4n) is 0.344. The summed E-state index contributed by atoms with van der Waals surface area (Å²) < 4.78 is 5.80. The van der Waals surface area contributed by atoms with Crippen molar-refractivity contribution < 1.29 is 0 Å². The van der Waals surface area contributed by atoms with Crippen LogP contribution < -0.4 is 5.09 Å². The Hall–Kier alpha value is 0.560. The van der Waals surface area contributed by atoms with Crippen LogP contribution in [0.4, 0.5) is 0 Å². The molecule has 0 amide bonds. The average Bonchev–Trinajstić information content (AvgIpc) is 1.90. The molecule has 1 N–H and O–H groups in total. The van der Waals surface area contributed by atoms with Gasteiger partial charge >= 0.3 is 0 Å². The molecule has 3 nitrogen and oxygen atoms in total. The summed E-state index contributed by atoms with van der Waals surface area (Å²) >= 11 is 0. The summed E-state index contributed by atoms with van der Waals surface area (Å²) in [5.74, 6) is 0.817. The molecular weight excluding hydrogens is 171 g/mol. The van der Waals surface area contributed by atoms with E-state index >= 15 is 0 Å². The summed E-state index contributed by atoms with van der Waals surface area (Å²) in [7, 11) is 7.23. The van der Waals surface area contributed by atoms with Crippen molar-refractivity contribution in [3.63, 3.8) is 0 Å². The largest absolute Gasteiger partial charge is 0.340 e. The molecule has 0 aromatic rings. The van der Waals surface area contributed by atoms with E-state index in [9.17, 15) is 0 Å². The van der Waals surface area contributed by atoms with E-state index < -0.39 is 0 Å². The topological polar surface area (TPSA) is 27.6 Å². The average molecular weight is 183 g/mol. The highest BCUT2D eigenvalue weighted by Crippen LogP contribution is 2.00. The number of rotatable bonds is 1. The van der Waals surface area contributed by atoms with Crippen molar-refractivity contribution in [3.8, 4) is 0 Å². The van der Waals surface area contributed by atoms with E-state index in [1.165, 1.54) is 0 Å². The van der Waals surface area contributed by atoms with Crippen LogP contribution in [-0.2, 0) is 0 Å². The van der Waals surface area contributed by atoms with Crippen molar-refractivity contribution in [1.29, 1.82) is 0 Å². The van der Waals surface area contributed by atoms with Gasteiger partial charge in [0.1, 0.15) is 0 Å². The van der Waals surface area contributed by atoms with Gasteiger partial charge in [-0.05, 0) is 35.1 Å². The second kappa shape index (κ2) is 5.35. The van der Waals surface area contributed by atoms with Crippen LogP contribution in [0.5, 0.6) is 0 Å². The normalized spacial score (nSPS) is 11.3. The predicted molar refractivity (Wildman–Crippen MR) is 52.1 cm³/mol. The fraction of sp³-hybridized carbons (Fsp3) is 0.667. The Morgan fingerprint density at radius 2 is 2.33 bits per heavy atom. The molecule has 0 heterocycles. The standard InChI is InChI=1S/C3H12N3P3/c1-2-6(9)3(4-7)5-8/h2,7-9H2,1H3,(H,4,5). The molecule has 0 aliphatic rings. The van der Waals surface area contributed by atoms with Crippen molar-refractivity contribution in [2.24, 2.45) is 4.76 Å². The minimum absolute atomic E-state index is 0.817. The van der Waals surface area contributed by atoms with Gasteiger partial charge in [-0.2, -0.15) is 0 Å². The summed E-state index contributed by atoms with van der Waals surface area (Å²) in [6.07, 6.45) is 0. The number of hydrogen-bond donors (Lipinski definition) is 1. The zero-order valence-electron chi connectivity index (χ0n) is 5.33. The van der Waals surface area contributed by atoms with Crippen LogP contribution in [0, 0.1) is 0 Å². The van der Waals surface area contributed by atoms with Gasteiger partial charge in [-0.25, -0.2) is 4.76 Å². The lowest BCUT2D eigenvalue weighted by atomic mass is 10.7. The Balaban J connectivity index is 3.80. The van der Waals surface area contributed by atoms with Gasteiger partial charge < -0.3 is 9.76 Å². The highest BCUT2D eigenvalue weighted by Gasteiger charge is 1.97. The molecule has 0 bridgehead atoms.